The molecule has 1 aliphatic rings. The molecule has 1 aromatic carbocycles. The Balaban J connectivity index is 0.000000980. The van der Waals surface area contributed by atoms with Gasteiger partial charge in [-0.05, 0) is 12.1 Å². The van der Waals surface area contributed by atoms with E-state index in [1.807, 2.05) is 6.07 Å². The van der Waals surface area contributed by atoms with E-state index in [1.165, 1.54) is 12.1 Å². The first-order valence-corrected chi connectivity index (χ1v) is 3.63. The molecule has 0 aromatic heterocycles. The molecular formula is C9H6N2O2S. The minimum absolute atomic E-state index is 0. The van der Waals surface area contributed by atoms with E-state index in [1.54, 1.807) is 6.07 Å². The maximum atomic E-state index is 11.2. The molecule has 5 heteroatoms. The van der Waals surface area contributed by atoms with Gasteiger partial charge in [0.1, 0.15) is 0 Å². The Morgan fingerprint density at radius 3 is 2.57 bits per heavy atom. The van der Waals surface area contributed by atoms with Gasteiger partial charge >= 0.3 is 0 Å². The van der Waals surface area contributed by atoms with Crippen molar-refractivity contribution in [1.29, 1.82) is 5.26 Å². The molecule has 1 aromatic rings. The fourth-order valence-electron chi connectivity index (χ4n) is 1.31. The summed E-state index contributed by atoms with van der Waals surface area (Å²) in [4.78, 5) is 22.3. The molecule has 70 valence electrons. The summed E-state index contributed by atoms with van der Waals surface area (Å²) in [7, 11) is 0. The molecular weight excluding hydrogens is 200 g/mol. The highest BCUT2D eigenvalue weighted by Gasteiger charge is 2.28. The maximum absolute atomic E-state index is 11.2. The van der Waals surface area contributed by atoms with Crippen molar-refractivity contribution < 1.29 is 9.59 Å². The maximum Gasteiger partial charge on any atom is 0.260 e. The summed E-state index contributed by atoms with van der Waals surface area (Å²) in [6.07, 6.45) is 0. The van der Waals surface area contributed by atoms with Crippen LogP contribution in [0.1, 0.15) is 26.3 Å². The number of nitrogens with one attached hydrogen (secondary N) is 1. The van der Waals surface area contributed by atoms with Crippen LogP contribution in [-0.2, 0) is 0 Å². The second-order valence-electron chi connectivity index (χ2n) is 2.62. The molecule has 0 atom stereocenters. The number of carbonyl (C=O) groups is 2. The number of nitrogens with zero attached hydrogens (tertiary/aromatic N) is 1. The van der Waals surface area contributed by atoms with Crippen LogP contribution in [0.5, 0.6) is 0 Å². The average Bonchev–Trinajstić information content (AvgIpc) is 2.43. The Hall–Kier alpha value is -1.80. The molecule has 0 radical (unpaired) electrons. The average molecular weight is 206 g/mol. The van der Waals surface area contributed by atoms with Crippen LogP contribution in [0.25, 0.3) is 0 Å². The summed E-state index contributed by atoms with van der Waals surface area (Å²) in [5, 5.41) is 10.8. The molecule has 14 heavy (non-hydrogen) atoms. The highest BCUT2D eigenvalue weighted by atomic mass is 32.1. The Morgan fingerprint density at radius 1 is 1.21 bits per heavy atom. The minimum Gasteiger partial charge on any atom is -0.288 e. The Bertz CT molecular complexity index is 462. The summed E-state index contributed by atoms with van der Waals surface area (Å²) in [6, 6.07) is 6.48. The van der Waals surface area contributed by atoms with Gasteiger partial charge in [-0.25, -0.2) is 0 Å². The number of hydrogen-bond acceptors (Lipinski definition) is 3. The summed E-state index contributed by atoms with van der Waals surface area (Å²) in [6.45, 7) is 0. The third-order valence-corrected chi connectivity index (χ3v) is 1.88. The molecule has 0 saturated carbocycles. The van der Waals surface area contributed by atoms with Crippen molar-refractivity contribution in [3.63, 3.8) is 0 Å². The number of amides is 2. The third kappa shape index (κ3) is 1.26. The Labute approximate surface area is 87.0 Å². The standard InChI is InChI=1S/C9H4N2O2.H2S/c10-4-5-2-1-3-6-7(5)9(13)11-8(6)12;/h1-3H,(H,11,12,13);1H2. The van der Waals surface area contributed by atoms with Gasteiger partial charge in [-0.2, -0.15) is 18.8 Å². The number of hydrogen-bond donors (Lipinski definition) is 1. The fourth-order valence-corrected chi connectivity index (χ4v) is 1.31. The second kappa shape index (κ2) is 3.52. The third-order valence-electron chi connectivity index (χ3n) is 1.88. The summed E-state index contributed by atoms with van der Waals surface area (Å²) >= 11 is 0. The van der Waals surface area contributed by atoms with Gasteiger partial charge in [-0.1, -0.05) is 6.07 Å². The second-order valence-corrected chi connectivity index (χ2v) is 2.62. The first-order chi connectivity index (χ1) is 6.24. The lowest BCUT2D eigenvalue weighted by molar-refractivity contribution is 0.0879. The predicted octanol–water partition coefficient (Wildman–Crippen LogP) is 0.555. The molecule has 0 bridgehead atoms. The SMILES string of the molecule is N#Cc1cccc2c1C(=O)NC2=O.S. The summed E-state index contributed by atoms with van der Waals surface area (Å²) < 4.78 is 0. The van der Waals surface area contributed by atoms with Crippen molar-refractivity contribution in [3.8, 4) is 6.07 Å². The van der Waals surface area contributed by atoms with Crippen LogP contribution in [0.4, 0.5) is 0 Å². The zero-order chi connectivity index (χ0) is 9.42. The number of rotatable bonds is 0. The van der Waals surface area contributed by atoms with Crippen molar-refractivity contribution >= 4 is 25.3 Å². The first kappa shape index (κ1) is 10.3. The minimum atomic E-state index is -0.489. The summed E-state index contributed by atoms with van der Waals surface area (Å²) in [5.41, 5.74) is 0.708. The van der Waals surface area contributed by atoms with Gasteiger partial charge in [-0.3, -0.25) is 14.9 Å². The zero-order valence-corrected chi connectivity index (χ0v) is 8.00. The van der Waals surface area contributed by atoms with Gasteiger partial charge in [-0.15, -0.1) is 0 Å². The highest BCUT2D eigenvalue weighted by Crippen LogP contribution is 2.18. The number of imide groups is 1. The molecule has 1 heterocycles. The Kier molecular flexibility index (Phi) is 2.58. The van der Waals surface area contributed by atoms with Gasteiger partial charge in [0.05, 0.1) is 22.8 Å². The van der Waals surface area contributed by atoms with E-state index in [4.69, 9.17) is 5.26 Å². The smallest absolute Gasteiger partial charge is 0.260 e. The van der Waals surface area contributed by atoms with Crippen molar-refractivity contribution in [2.75, 3.05) is 0 Å². The van der Waals surface area contributed by atoms with Crippen LogP contribution in [-0.4, -0.2) is 11.8 Å². The molecule has 1 aliphatic heterocycles. The lowest BCUT2D eigenvalue weighted by atomic mass is 10.0. The van der Waals surface area contributed by atoms with E-state index in [9.17, 15) is 9.59 Å². The normalized spacial score (nSPS) is 12.5. The van der Waals surface area contributed by atoms with Crippen molar-refractivity contribution in [2.45, 2.75) is 0 Å². The summed E-state index contributed by atoms with van der Waals surface area (Å²) in [5.74, 6) is -0.922. The molecule has 0 saturated heterocycles. The largest absolute Gasteiger partial charge is 0.288 e. The fraction of sp³-hybridized carbons (Fsp3) is 0. The van der Waals surface area contributed by atoms with E-state index < -0.39 is 11.8 Å². The van der Waals surface area contributed by atoms with Crippen LogP contribution in [0.3, 0.4) is 0 Å². The molecule has 1 N–H and O–H groups in total. The van der Waals surface area contributed by atoms with E-state index in [0.717, 1.165) is 0 Å². The molecule has 0 fully saturated rings. The highest BCUT2D eigenvalue weighted by molar-refractivity contribution is 7.59. The van der Waals surface area contributed by atoms with Crippen LogP contribution in [0.2, 0.25) is 0 Å². The lowest BCUT2D eigenvalue weighted by Gasteiger charge is -1.94. The Morgan fingerprint density at radius 2 is 1.93 bits per heavy atom. The van der Waals surface area contributed by atoms with Crippen LogP contribution in [0.15, 0.2) is 18.2 Å². The van der Waals surface area contributed by atoms with Crippen molar-refractivity contribution in [1.82, 2.24) is 5.32 Å². The monoisotopic (exact) mass is 206 g/mol. The molecule has 0 spiro atoms. The van der Waals surface area contributed by atoms with E-state index >= 15 is 0 Å². The van der Waals surface area contributed by atoms with Crippen LogP contribution >= 0.6 is 13.5 Å². The number of nitriles is 1. The number of fused-ring (bicyclic) bond motifs is 1. The van der Waals surface area contributed by atoms with Crippen LogP contribution < -0.4 is 5.32 Å². The molecule has 0 aliphatic carbocycles. The van der Waals surface area contributed by atoms with Crippen molar-refractivity contribution in [2.24, 2.45) is 0 Å². The van der Waals surface area contributed by atoms with Gasteiger partial charge in [0.2, 0.25) is 0 Å². The van der Waals surface area contributed by atoms with Gasteiger partial charge in [0.15, 0.2) is 0 Å². The quantitative estimate of drug-likeness (QED) is 0.630. The van der Waals surface area contributed by atoms with Gasteiger partial charge in [0.25, 0.3) is 11.8 Å². The van der Waals surface area contributed by atoms with E-state index in [-0.39, 0.29) is 30.2 Å². The van der Waals surface area contributed by atoms with Crippen LogP contribution in [0, 0.1) is 11.3 Å². The molecule has 4 nitrogen and oxygen atoms in total. The zero-order valence-electron chi connectivity index (χ0n) is 7.00. The van der Waals surface area contributed by atoms with Crippen molar-refractivity contribution in [3.05, 3.63) is 34.9 Å². The number of benzene rings is 1. The molecule has 0 unspecified atom stereocenters. The lowest BCUT2D eigenvalue weighted by Crippen LogP contribution is -2.20. The van der Waals surface area contributed by atoms with Gasteiger partial charge < -0.3 is 0 Å². The molecule has 2 rings (SSSR count). The number of carbonyl (C=O) groups excluding carboxylic acids is 2. The van der Waals surface area contributed by atoms with E-state index in [0.29, 0.717) is 0 Å². The molecule has 2 amide bonds. The van der Waals surface area contributed by atoms with E-state index in [2.05, 4.69) is 5.32 Å². The first-order valence-electron chi connectivity index (χ1n) is 3.63. The van der Waals surface area contributed by atoms with Gasteiger partial charge in [0, 0.05) is 0 Å². The topological polar surface area (TPSA) is 70.0 Å². The predicted molar refractivity (Wildman–Crippen MR) is 53.3 cm³/mol.